The van der Waals surface area contributed by atoms with Gasteiger partial charge in [0.15, 0.2) is 11.7 Å². The maximum atomic E-state index is 13.2. The molecule has 0 aromatic carbocycles. The number of fused-ring (bicyclic) bond motifs is 1. The number of hydrogen-bond donors (Lipinski definition) is 2. The minimum atomic E-state index is -0.560. The summed E-state index contributed by atoms with van der Waals surface area (Å²) >= 11 is 0. The zero-order valence-electron chi connectivity index (χ0n) is 10.9. The standard InChI is InChI=1S/C14H15FN4/c1-4-12(15)13(16)19-9(3)11-7-18-14-10(11)5-8(2)6-17-14/h4-7H,3H2,1-2H3,(H2,16,19)(H,17,18)/b12-4+. The van der Waals surface area contributed by atoms with Gasteiger partial charge in [-0.25, -0.2) is 14.4 Å². The number of nitrogens with two attached hydrogens (primary N) is 1. The van der Waals surface area contributed by atoms with Crippen LogP contribution in [0.15, 0.2) is 41.9 Å². The van der Waals surface area contributed by atoms with Gasteiger partial charge in [-0.2, -0.15) is 0 Å². The third-order valence-corrected chi connectivity index (χ3v) is 2.73. The molecule has 0 atom stereocenters. The molecule has 0 saturated carbocycles. The summed E-state index contributed by atoms with van der Waals surface area (Å²) in [7, 11) is 0. The maximum Gasteiger partial charge on any atom is 0.160 e. The van der Waals surface area contributed by atoms with Crippen LogP contribution in [-0.2, 0) is 0 Å². The highest BCUT2D eigenvalue weighted by molar-refractivity contribution is 6.00. The minimum Gasteiger partial charge on any atom is -0.381 e. The van der Waals surface area contributed by atoms with Crippen LogP contribution in [0.25, 0.3) is 16.7 Å². The highest BCUT2D eigenvalue weighted by atomic mass is 19.1. The molecule has 2 aromatic rings. The molecule has 0 unspecified atom stereocenters. The van der Waals surface area contributed by atoms with Gasteiger partial charge in [0.1, 0.15) is 5.65 Å². The fourth-order valence-corrected chi connectivity index (χ4v) is 1.75. The molecule has 0 fully saturated rings. The van der Waals surface area contributed by atoms with Crippen LogP contribution in [0.4, 0.5) is 4.39 Å². The topological polar surface area (TPSA) is 67.1 Å². The first kappa shape index (κ1) is 13.0. The summed E-state index contributed by atoms with van der Waals surface area (Å²) in [5.74, 6) is -0.738. The van der Waals surface area contributed by atoms with Crippen molar-refractivity contribution in [3.63, 3.8) is 0 Å². The van der Waals surface area contributed by atoms with Crippen LogP contribution < -0.4 is 5.73 Å². The first-order chi connectivity index (χ1) is 9.02. The molecule has 2 rings (SSSR count). The van der Waals surface area contributed by atoms with Gasteiger partial charge in [0.05, 0.1) is 5.70 Å². The lowest BCUT2D eigenvalue weighted by Crippen LogP contribution is -2.12. The normalized spacial score (nSPS) is 13.0. The average molecular weight is 258 g/mol. The maximum absolute atomic E-state index is 13.2. The predicted molar refractivity (Wildman–Crippen MR) is 76.4 cm³/mol. The zero-order valence-corrected chi connectivity index (χ0v) is 10.9. The first-order valence-corrected chi connectivity index (χ1v) is 5.82. The van der Waals surface area contributed by atoms with Crippen molar-refractivity contribution >= 4 is 22.6 Å². The molecular formula is C14H15FN4. The number of aromatic nitrogens is 2. The van der Waals surface area contributed by atoms with Crippen molar-refractivity contribution < 1.29 is 4.39 Å². The highest BCUT2D eigenvalue weighted by Crippen LogP contribution is 2.24. The Morgan fingerprint density at radius 3 is 3.00 bits per heavy atom. The van der Waals surface area contributed by atoms with Crippen LogP contribution in [0, 0.1) is 6.92 Å². The molecular weight excluding hydrogens is 243 g/mol. The van der Waals surface area contributed by atoms with Crippen LogP contribution in [0.5, 0.6) is 0 Å². The number of nitrogens with zero attached hydrogens (tertiary/aromatic N) is 2. The molecule has 2 aromatic heterocycles. The van der Waals surface area contributed by atoms with E-state index < -0.39 is 5.83 Å². The third-order valence-electron chi connectivity index (χ3n) is 2.73. The van der Waals surface area contributed by atoms with Crippen molar-refractivity contribution in [2.24, 2.45) is 10.7 Å². The number of pyridine rings is 1. The van der Waals surface area contributed by atoms with Gasteiger partial charge < -0.3 is 10.7 Å². The Hall–Kier alpha value is -2.43. The van der Waals surface area contributed by atoms with Crippen molar-refractivity contribution in [1.29, 1.82) is 0 Å². The van der Waals surface area contributed by atoms with Gasteiger partial charge in [-0.1, -0.05) is 6.58 Å². The Kier molecular flexibility index (Phi) is 3.46. The fourth-order valence-electron chi connectivity index (χ4n) is 1.75. The lowest BCUT2D eigenvalue weighted by molar-refractivity contribution is 0.677. The number of aliphatic imine (C=N–C) groups is 1. The number of nitrogens with one attached hydrogen (secondary N) is 1. The predicted octanol–water partition coefficient (Wildman–Crippen LogP) is 3.07. The largest absolute Gasteiger partial charge is 0.381 e. The summed E-state index contributed by atoms with van der Waals surface area (Å²) in [6.45, 7) is 7.33. The van der Waals surface area contributed by atoms with E-state index in [9.17, 15) is 4.39 Å². The molecule has 0 spiro atoms. The molecule has 3 N–H and O–H groups in total. The van der Waals surface area contributed by atoms with E-state index in [1.54, 1.807) is 19.3 Å². The van der Waals surface area contributed by atoms with Gasteiger partial charge in [0.2, 0.25) is 0 Å². The van der Waals surface area contributed by atoms with Crippen LogP contribution in [0.2, 0.25) is 0 Å². The van der Waals surface area contributed by atoms with Gasteiger partial charge in [0.25, 0.3) is 0 Å². The third kappa shape index (κ3) is 2.54. The molecule has 0 aliphatic carbocycles. The molecule has 5 heteroatoms. The van der Waals surface area contributed by atoms with E-state index in [-0.39, 0.29) is 5.84 Å². The molecule has 0 aliphatic rings. The number of halogens is 1. The Balaban J connectivity index is 2.45. The molecule has 0 aliphatic heterocycles. The lowest BCUT2D eigenvalue weighted by atomic mass is 10.1. The van der Waals surface area contributed by atoms with Crippen LogP contribution >= 0.6 is 0 Å². The summed E-state index contributed by atoms with van der Waals surface area (Å²) in [5, 5.41) is 0.891. The van der Waals surface area contributed by atoms with E-state index in [0.29, 0.717) is 5.70 Å². The quantitative estimate of drug-likeness (QED) is 0.656. The monoisotopic (exact) mass is 258 g/mol. The van der Waals surface area contributed by atoms with Crippen molar-refractivity contribution in [1.82, 2.24) is 9.97 Å². The number of H-pyrrole nitrogens is 1. The number of hydrogen-bond acceptors (Lipinski definition) is 2. The molecule has 0 bridgehead atoms. The van der Waals surface area contributed by atoms with Crippen LogP contribution in [0.3, 0.4) is 0 Å². The number of aromatic amines is 1. The Morgan fingerprint density at radius 2 is 2.32 bits per heavy atom. The van der Waals surface area contributed by atoms with E-state index >= 15 is 0 Å². The van der Waals surface area contributed by atoms with E-state index in [1.165, 1.54) is 6.08 Å². The molecule has 19 heavy (non-hydrogen) atoms. The number of amidine groups is 1. The van der Waals surface area contributed by atoms with Gasteiger partial charge >= 0.3 is 0 Å². The van der Waals surface area contributed by atoms with E-state index in [1.807, 2.05) is 13.0 Å². The second-order valence-corrected chi connectivity index (χ2v) is 4.19. The Labute approximate surface area is 110 Å². The van der Waals surface area contributed by atoms with Gasteiger partial charge in [-0.3, -0.25) is 0 Å². The van der Waals surface area contributed by atoms with Crippen molar-refractivity contribution in [2.45, 2.75) is 13.8 Å². The summed E-state index contributed by atoms with van der Waals surface area (Å²) in [5.41, 5.74) is 8.45. The van der Waals surface area contributed by atoms with E-state index in [0.717, 1.165) is 22.2 Å². The second kappa shape index (κ2) is 5.06. The number of aryl methyl sites for hydroxylation is 1. The van der Waals surface area contributed by atoms with Crippen molar-refractivity contribution in [3.8, 4) is 0 Å². The lowest BCUT2D eigenvalue weighted by Gasteiger charge is -2.01. The Bertz CT molecular complexity index is 695. The highest BCUT2D eigenvalue weighted by Gasteiger charge is 2.09. The van der Waals surface area contributed by atoms with E-state index in [4.69, 9.17) is 5.73 Å². The molecule has 2 heterocycles. The molecule has 4 nitrogen and oxygen atoms in total. The molecule has 98 valence electrons. The summed E-state index contributed by atoms with van der Waals surface area (Å²) < 4.78 is 13.2. The summed E-state index contributed by atoms with van der Waals surface area (Å²) in [6.07, 6.45) is 4.76. The second-order valence-electron chi connectivity index (χ2n) is 4.19. The summed E-state index contributed by atoms with van der Waals surface area (Å²) in [6, 6.07) is 1.97. The zero-order chi connectivity index (χ0) is 14.0. The van der Waals surface area contributed by atoms with Crippen molar-refractivity contribution in [2.75, 3.05) is 0 Å². The van der Waals surface area contributed by atoms with Crippen LogP contribution in [-0.4, -0.2) is 15.8 Å². The van der Waals surface area contributed by atoms with Gasteiger partial charge in [-0.05, 0) is 31.6 Å². The Morgan fingerprint density at radius 1 is 1.58 bits per heavy atom. The fraction of sp³-hybridized carbons (Fsp3) is 0.143. The molecule has 0 radical (unpaired) electrons. The minimum absolute atomic E-state index is 0.178. The summed E-state index contributed by atoms with van der Waals surface area (Å²) in [4.78, 5) is 11.3. The van der Waals surface area contributed by atoms with Crippen LogP contribution in [0.1, 0.15) is 18.1 Å². The smallest absolute Gasteiger partial charge is 0.160 e. The van der Waals surface area contributed by atoms with E-state index in [2.05, 4.69) is 21.5 Å². The van der Waals surface area contributed by atoms with Gasteiger partial charge in [0, 0.05) is 23.3 Å². The number of rotatable bonds is 3. The average Bonchev–Trinajstić information content (AvgIpc) is 2.80. The SMILES string of the molecule is C=C(N=C(N)/C(F)=C\C)c1c[nH]c2ncc(C)cc12. The van der Waals surface area contributed by atoms with Gasteiger partial charge in [-0.15, -0.1) is 0 Å². The molecule has 0 amide bonds. The molecule has 0 saturated heterocycles. The first-order valence-electron chi connectivity index (χ1n) is 5.82. The van der Waals surface area contributed by atoms with Crippen molar-refractivity contribution in [3.05, 3.63) is 48.1 Å². The number of allylic oxidation sites excluding steroid dienone is 1.